The van der Waals surface area contributed by atoms with Crippen molar-refractivity contribution in [2.75, 3.05) is 0 Å². The number of hydrogen-bond donors (Lipinski definition) is 1. The number of hydrogen-bond acceptors (Lipinski definition) is 4. The van der Waals surface area contributed by atoms with Crippen molar-refractivity contribution in [3.05, 3.63) is 22.6 Å². The van der Waals surface area contributed by atoms with E-state index in [2.05, 4.69) is 10.0 Å². The van der Waals surface area contributed by atoms with Crippen molar-refractivity contribution in [2.24, 2.45) is 5.11 Å². The van der Waals surface area contributed by atoms with E-state index in [-0.39, 0.29) is 12.0 Å². The number of carbonyl (C=O) groups excluding carboxylic acids is 1. The van der Waals surface area contributed by atoms with Gasteiger partial charge >= 0.3 is 5.97 Å². The lowest BCUT2D eigenvalue weighted by Gasteiger charge is -2.15. The molecule has 0 heterocycles. The Morgan fingerprint density at radius 2 is 2.33 bits per heavy atom. The summed E-state index contributed by atoms with van der Waals surface area (Å²) in [4.78, 5) is 13.4. The van der Waals surface area contributed by atoms with E-state index < -0.39 is 12.2 Å². The topological polar surface area (TPSA) is 95.3 Å². The van der Waals surface area contributed by atoms with Crippen molar-refractivity contribution in [1.29, 1.82) is 0 Å². The summed E-state index contributed by atoms with van der Waals surface area (Å²) in [6.45, 7) is 1.32. The number of nitrogens with zero attached hydrogens (tertiary/aromatic N) is 3. The van der Waals surface area contributed by atoms with Crippen molar-refractivity contribution in [3.8, 4) is 0 Å². The van der Waals surface area contributed by atoms with Gasteiger partial charge in [0.25, 0.3) is 0 Å². The summed E-state index contributed by atoms with van der Waals surface area (Å²) < 4.78 is 4.98. The van der Waals surface area contributed by atoms with E-state index >= 15 is 0 Å². The van der Waals surface area contributed by atoms with E-state index in [0.717, 1.165) is 0 Å². The maximum absolute atomic E-state index is 10.7. The Labute approximate surface area is 87.2 Å². The molecule has 1 aliphatic carbocycles. The van der Waals surface area contributed by atoms with Crippen molar-refractivity contribution < 1.29 is 14.6 Å². The predicted molar refractivity (Wildman–Crippen MR) is 52.9 cm³/mol. The van der Waals surface area contributed by atoms with Crippen LogP contribution in [-0.4, -0.2) is 29.3 Å². The molecule has 0 unspecified atom stereocenters. The minimum absolute atomic E-state index is 0.343. The number of ether oxygens (including phenoxy) is 1. The molecule has 0 amide bonds. The quantitative estimate of drug-likeness (QED) is 0.245. The van der Waals surface area contributed by atoms with Gasteiger partial charge in [-0.2, -0.15) is 0 Å². The van der Waals surface area contributed by atoms with Crippen LogP contribution in [0, 0.1) is 0 Å². The Balaban J connectivity index is 2.67. The zero-order chi connectivity index (χ0) is 11.3. The number of aliphatic hydroxyl groups excluding tert-OH is 1. The molecule has 0 spiro atoms. The smallest absolute Gasteiger partial charge is 0.303 e. The molecule has 3 atom stereocenters. The zero-order valence-corrected chi connectivity index (χ0v) is 8.41. The zero-order valence-electron chi connectivity index (χ0n) is 8.41. The standard InChI is InChI=1S/C9H13N3O3/c1-6(13)15-9-3-2-8(14)4-7(5-9)11-12-10/h2-3,7-9,14H,4-5H2,1H3/t7-,8-,9+/m1/s1. The molecule has 0 saturated carbocycles. The minimum Gasteiger partial charge on any atom is -0.458 e. The summed E-state index contributed by atoms with van der Waals surface area (Å²) in [6.07, 6.45) is 2.88. The van der Waals surface area contributed by atoms with Crippen molar-refractivity contribution in [2.45, 2.75) is 38.0 Å². The lowest BCUT2D eigenvalue weighted by atomic mass is 10.1. The van der Waals surface area contributed by atoms with Crippen LogP contribution in [0.25, 0.3) is 10.4 Å². The lowest BCUT2D eigenvalue weighted by Crippen LogP contribution is -2.19. The molecule has 0 aromatic rings. The van der Waals surface area contributed by atoms with Crippen molar-refractivity contribution in [3.63, 3.8) is 0 Å². The largest absolute Gasteiger partial charge is 0.458 e. The van der Waals surface area contributed by atoms with Gasteiger partial charge in [0, 0.05) is 17.9 Å². The second kappa shape index (κ2) is 5.38. The third kappa shape index (κ3) is 4.01. The highest BCUT2D eigenvalue weighted by atomic mass is 16.5. The molecule has 6 heteroatoms. The van der Waals surface area contributed by atoms with Crippen LogP contribution in [0.3, 0.4) is 0 Å². The molecule has 0 fully saturated rings. The van der Waals surface area contributed by atoms with Gasteiger partial charge in [-0.15, -0.1) is 0 Å². The first-order valence-electron chi connectivity index (χ1n) is 4.69. The number of carbonyl (C=O) groups is 1. The van der Waals surface area contributed by atoms with Crippen LogP contribution in [0.2, 0.25) is 0 Å². The number of esters is 1. The first kappa shape index (κ1) is 11.6. The van der Waals surface area contributed by atoms with Crippen LogP contribution in [0.5, 0.6) is 0 Å². The Hall–Kier alpha value is -1.52. The highest BCUT2D eigenvalue weighted by molar-refractivity contribution is 5.66. The summed E-state index contributed by atoms with van der Waals surface area (Å²) in [5.74, 6) is -0.388. The molecule has 0 aromatic carbocycles. The maximum Gasteiger partial charge on any atom is 0.303 e. The lowest BCUT2D eigenvalue weighted by molar-refractivity contribution is -0.144. The van der Waals surface area contributed by atoms with Crippen LogP contribution in [0.4, 0.5) is 0 Å². The fourth-order valence-corrected chi connectivity index (χ4v) is 1.52. The van der Waals surface area contributed by atoms with E-state index in [9.17, 15) is 9.90 Å². The van der Waals surface area contributed by atoms with Gasteiger partial charge in [-0.25, -0.2) is 0 Å². The molecular formula is C9H13N3O3. The van der Waals surface area contributed by atoms with Gasteiger partial charge in [-0.3, -0.25) is 4.79 Å². The molecule has 1 N–H and O–H groups in total. The molecule has 0 radical (unpaired) electrons. The fourth-order valence-electron chi connectivity index (χ4n) is 1.52. The Morgan fingerprint density at radius 3 is 2.93 bits per heavy atom. The second-order valence-corrected chi connectivity index (χ2v) is 3.43. The number of aliphatic hydroxyl groups is 1. The molecule has 6 nitrogen and oxygen atoms in total. The van der Waals surface area contributed by atoms with Crippen LogP contribution in [0.1, 0.15) is 19.8 Å². The molecular weight excluding hydrogens is 198 g/mol. The molecule has 15 heavy (non-hydrogen) atoms. The van der Waals surface area contributed by atoms with Crippen LogP contribution in [0.15, 0.2) is 17.3 Å². The second-order valence-electron chi connectivity index (χ2n) is 3.43. The highest BCUT2D eigenvalue weighted by Gasteiger charge is 2.21. The third-order valence-corrected chi connectivity index (χ3v) is 2.10. The van der Waals surface area contributed by atoms with Gasteiger partial charge in [0.15, 0.2) is 0 Å². The summed E-state index contributed by atoms with van der Waals surface area (Å²) in [6, 6.07) is -0.343. The van der Waals surface area contributed by atoms with Crippen LogP contribution in [-0.2, 0) is 9.53 Å². The first-order chi connectivity index (χ1) is 7.11. The molecule has 0 saturated heterocycles. The van der Waals surface area contributed by atoms with Crippen LogP contribution >= 0.6 is 0 Å². The highest BCUT2D eigenvalue weighted by Crippen LogP contribution is 2.18. The number of azide groups is 1. The molecule has 1 aliphatic rings. The Bertz CT molecular complexity index is 310. The van der Waals surface area contributed by atoms with E-state index in [0.29, 0.717) is 12.8 Å². The molecule has 0 bridgehead atoms. The van der Waals surface area contributed by atoms with Gasteiger partial charge < -0.3 is 9.84 Å². The molecule has 82 valence electrons. The average Bonchev–Trinajstić information content (AvgIpc) is 2.28. The summed E-state index contributed by atoms with van der Waals surface area (Å²) in [5.41, 5.74) is 8.31. The van der Waals surface area contributed by atoms with Gasteiger partial charge in [0.1, 0.15) is 6.10 Å². The first-order valence-corrected chi connectivity index (χ1v) is 4.69. The summed E-state index contributed by atoms with van der Waals surface area (Å²) in [5, 5.41) is 13.0. The van der Waals surface area contributed by atoms with Crippen LogP contribution < -0.4 is 0 Å². The molecule has 1 rings (SSSR count). The van der Waals surface area contributed by atoms with E-state index in [1.165, 1.54) is 6.92 Å². The van der Waals surface area contributed by atoms with Gasteiger partial charge in [-0.1, -0.05) is 11.2 Å². The number of rotatable bonds is 2. The summed E-state index contributed by atoms with van der Waals surface area (Å²) in [7, 11) is 0. The van der Waals surface area contributed by atoms with Gasteiger partial charge in [0.05, 0.1) is 6.10 Å². The average molecular weight is 211 g/mol. The maximum atomic E-state index is 10.7. The minimum atomic E-state index is -0.652. The predicted octanol–water partition coefficient (Wildman–Crippen LogP) is 1.31. The fraction of sp³-hybridized carbons (Fsp3) is 0.667. The monoisotopic (exact) mass is 211 g/mol. The van der Waals surface area contributed by atoms with Gasteiger partial charge in [0.2, 0.25) is 0 Å². The normalized spacial score (nSPS) is 30.1. The van der Waals surface area contributed by atoms with Crippen molar-refractivity contribution >= 4 is 5.97 Å². The Morgan fingerprint density at radius 1 is 1.60 bits per heavy atom. The summed E-state index contributed by atoms with van der Waals surface area (Å²) >= 11 is 0. The van der Waals surface area contributed by atoms with E-state index in [4.69, 9.17) is 10.3 Å². The van der Waals surface area contributed by atoms with Gasteiger partial charge in [-0.05, 0) is 24.4 Å². The van der Waals surface area contributed by atoms with E-state index in [1.807, 2.05) is 0 Å². The molecule has 0 aromatic heterocycles. The molecule has 0 aliphatic heterocycles. The third-order valence-electron chi connectivity index (χ3n) is 2.10. The van der Waals surface area contributed by atoms with Crippen molar-refractivity contribution in [1.82, 2.24) is 0 Å². The van der Waals surface area contributed by atoms with E-state index in [1.54, 1.807) is 12.2 Å². The Kier molecular flexibility index (Phi) is 4.15. The SMILES string of the molecule is CC(=O)O[C@H]1C=C[C@@H](O)C[C@@H](N=[N+]=[N-])C1.